The molecule has 0 radical (unpaired) electrons. The number of allylic oxidation sites excluding steroid dienone is 2. The van der Waals surface area contributed by atoms with E-state index in [9.17, 15) is 4.79 Å². The van der Waals surface area contributed by atoms with Gasteiger partial charge in [0.05, 0.1) is 24.6 Å². The van der Waals surface area contributed by atoms with Crippen molar-refractivity contribution in [2.24, 2.45) is 22.2 Å². The highest BCUT2D eigenvalue weighted by atomic mass is 16.5. The van der Waals surface area contributed by atoms with E-state index in [0.717, 1.165) is 23.8 Å². The summed E-state index contributed by atoms with van der Waals surface area (Å²) in [5.74, 6) is 1.27. The standard InChI is InChI=1S/C24H32N2O3/c1-5-29-22(27)24(3,14-28-4)18-6-7-19(25)20(10-18)26-13-17-9-15-8-16-12-23(2,11-15)21(16)17/h6-7,10,13,15-16H,5,8-9,11-12,14,25H2,1-4H3. The van der Waals surface area contributed by atoms with Gasteiger partial charge in [-0.1, -0.05) is 18.6 Å². The highest BCUT2D eigenvalue weighted by Crippen LogP contribution is 2.66. The lowest BCUT2D eigenvalue weighted by Gasteiger charge is -2.60. The van der Waals surface area contributed by atoms with Crippen LogP contribution in [0.15, 0.2) is 34.3 Å². The minimum atomic E-state index is -0.899. The number of nitrogens with two attached hydrogens (primary N) is 1. The molecule has 0 amide bonds. The van der Waals surface area contributed by atoms with Crippen molar-refractivity contribution in [1.29, 1.82) is 0 Å². The summed E-state index contributed by atoms with van der Waals surface area (Å²) in [6, 6.07) is 5.58. The Kier molecular flexibility index (Phi) is 5.06. The van der Waals surface area contributed by atoms with Crippen molar-refractivity contribution in [3.63, 3.8) is 0 Å². The second-order valence-electron chi connectivity index (χ2n) is 9.43. The number of benzene rings is 1. The normalized spacial score (nSPS) is 29.7. The number of hydrogen-bond donors (Lipinski definition) is 1. The lowest BCUT2D eigenvalue weighted by Crippen LogP contribution is -2.49. The zero-order valence-electron chi connectivity index (χ0n) is 18.0. The highest BCUT2D eigenvalue weighted by Gasteiger charge is 2.55. The summed E-state index contributed by atoms with van der Waals surface area (Å²) in [4.78, 5) is 17.4. The number of nitrogen functional groups attached to an aromatic ring is 1. The molecule has 4 bridgehead atoms. The Labute approximate surface area is 173 Å². The molecule has 0 spiro atoms. The largest absolute Gasteiger partial charge is 0.465 e. The third-order valence-corrected chi connectivity index (χ3v) is 7.15. The van der Waals surface area contributed by atoms with Crippen molar-refractivity contribution < 1.29 is 14.3 Å². The van der Waals surface area contributed by atoms with Gasteiger partial charge in [0.25, 0.3) is 0 Å². The van der Waals surface area contributed by atoms with E-state index in [1.165, 1.54) is 24.8 Å². The van der Waals surface area contributed by atoms with Crippen LogP contribution in [0.5, 0.6) is 0 Å². The molecule has 0 saturated heterocycles. The zero-order valence-corrected chi connectivity index (χ0v) is 18.0. The number of carbonyl (C=O) groups is 1. The van der Waals surface area contributed by atoms with E-state index in [2.05, 4.69) is 6.92 Å². The quantitative estimate of drug-likeness (QED) is 0.416. The van der Waals surface area contributed by atoms with E-state index in [0.29, 0.717) is 23.4 Å². The lowest BCUT2D eigenvalue weighted by molar-refractivity contribution is -0.151. The second-order valence-corrected chi connectivity index (χ2v) is 9.43. The molecule has 1 aromatic carbocycles. The van der Waals surface area contributed by atoms with Crippen LogP contribution >= 0.6 is 0 Å². The number of carbonyl (C=O) groups excluding carboxylic acids is 1. The van der Waals surface area contributed by atoms with E-state index >= 15 is 0 Å². The maximum absolute atomic E-state index is 12.6. The molecule has 3 fully saturated rings. The summed E-state index contributed by atoms with van der Waals surface area (Å²) in [6.45, 7) is 6.61. The van der Waals surface area contributed by atoms with E-state index in [4.69, 9.17) is 20.2 Å². The van der Waals surface area contributed by atoms with Gasteiger partial charge in [-0.15, -0.1) is 0 Å². The first-order valence-electron chi connectivity index (χ1n) is 10.6. The monoisotopic (exact) mass is 396 g/mol. The minimum absolute atomic E-state index is 0.232. The Hall–Kier alpha value is -2.14. The molecule has 0 heterocycles. The fourth-order valence-corrected chi connectivity index (χ4v) is 5.97. The van der Waals surface area contributed by atoms with E-state index in [1.807, 2.05) is 38.3 Å². The number of methoxy groups -OCH3 is 1. The summed E-state index contributed by atoms with van der Waals surface area (Å²) in [6.07, 6.45) is 7.19. The number of hydrogen-bond acceptors (Lipinski definition) is 5. The molecule has 0 aliphatic heterocycles. The average Bonchev–Trinajstić information content (AvgIpc) is 2.66. The number of anilines is 1. The van der Waals surface area contributed by atoms with Gasteiger partial charge in [0.2, 0.25) is 0 Å². The van der Waals surface area contributed by atoms with Crippen molar-refractivity contribution in [3.05, 3.63) is 34.9 Å². The smallest absolute Gasteiger partial charge is 0.318 e. The van der Waals surface area contributed by atoms with Gasteiger partial charge in [0.15, 0.2) is 0 Å². The van der Waals surface area contributed by atoms with E-state index < -0.39 is 5.41 Å². The summed E-state index contributed by atoms with van der Waals surface area (Å²) in [7, 11) is 1.59. The first kappa shape index (κ1) is 20.1. The van der Waals surface area contributed by atoms with Gasteiger partial charge in [0.1, 0.15) is 5.41 Å². The zero-order chi connectivity index (χ0) is 20.8. The highest BCUT2D eigenvalue weighted by molar-refractivity contribution is 5.87. The van der Waals surface area contributed by atoms with Crippen LogP contribution in [0.4, 0.5) is 11.4 Å². The van der Waals surface area contributed by atoms with Gasteiger partial charge in [-0.2, -0.15) is 0 Å². The topological polar surface area (TPSA) is 73.9 Å². The van der Waals surface area contributed by atoms with Gasteiger partial charge >= 0.3 is 5.97 Å². The number of ether oxygens (including phenoxy) is 2. The minimum Gasteiger partial charge on any atom is -0.465 e. The fraction of sp³-hybridized carbons (Fsp3) is 0.583. The number of nitrogens with zero attached hydrogens (tertiary/aromatic N) is 1. The van der Waals surface area contributed by atoms with Crippen molar-refractivity contribution >= 4 is 23.6 Å². The van der Waals surface area contributed by atoms with Gasteiger partial charge in [-0.3, -0.25) is 9.79 Å². The predicted octanol–water partition coefficient (Wildman–Crippen LogP) is 4.57. The molecule has 5 heteroatoms. The lowest BCUT2D eigenvalue weighted by atomic mass is 9.44. The van der Waals surface area contributed by atoms with Crippen molar-refractivity contribution in [2.45, 2.75) is 51.9 Å². The Morgan fingerprint density at radius 3 is 2.86 bits per heavy atom. The summed E-state index contributed by atoms with van der Waals surface area (Å²) in [5, 5.41) is 0. The number of rotatable bonds is 7. The predicted molar refractivity (Wildman–Crippen MR) is 115 cm³/mol. The van der Waals surface area contributed by atoms with Crippen LogP contribution in [0.3, 0.4) is 0 Å². The van der Waals surface area contributed by atoms with Crippen molar-refractivity contribution in [1.82, 2.24) is 0 Å². The average molecular weight is 397 g/mol. The van der Waals surface area contributed by atoms with Gasteiger partial charge < -0.3 is 15.2 Å². The Morgan fingerprint density at radius 1 is 1.41 bits per heavy atom. The molecule has 1 aromatic rings. The second kappa shape index (κ2) is 7.28. The third kappa shape index (κ3) is 3.29. The van der Waals surface area contributed by atoms with Crippen LogP contribution in [0, 0.1) is 17.3 Å². The molecule has 3 saturated carbocycles. The number of esters is 1. The Balaban J connectivity index is 1.65. The Bertz CT molecular complexity index is 890. The summed E-state index contributed by atoms with van der Waals surface area (Å²) < 4.78 is 10.6. The fourth-order valence-electron chi connectivity index (χ4n) is 5.97. The molecule has 156 valence electrons. The van der Waals surface area contributed by atoms with Crippen LogP contribution in [-0.4, -0.2) is 32.5 Å². The molecular formula is C24H32N2O3. The number of aliphatic imine (C=N–C) groups is 1. The van der Waals surface area contributed by atoms with Crippen LogP contribution in [0.25, 0.3) is 0 Å². The molecule has 5 nitrogen and oxygen atoms in total. The van der Waals surface area contributed by atoms with Gasteiger partial charge in [-0.05, 0) is 80.1 Å². The molecule has 2 N–H and O–H groups in total. The van der Waals surface area contributed by atoms with Crippen LogP contribution < -0.4 is 5.73 Å². The SMILES string of the molecule is CCOC(=O)C(C)(COC)c1ccc(N)c(N=CC2=C3C4CC(C2)CC3(C)C4)c1. The first-order chi connectivity index (χ1) is 13.8. The molecule has 5 aliphatic rings. The molecular weight excluding hydrogens is 364 g/mol. The molecule has 4 unspecified atom stereocenters. The van der Waals surface area contributed by atoms with Crippen molar-refractivity contribution in [2.75, 3.05) is 26.1 Å². The molecule has 4 atom stereocenters. The van der Waals surface area contributed by atoms with E-state index in [1.54, 1.807) is 12.7 Å². The molecule has 0 aromatic heterocycles. The molecule has 6 rings (SSSR count). The van der Waals surface area contributed by atoms with Crippen LogP contribution in [0.2, 0.25) is 0 Å². The summed E-state index contributed by atoms with van der Waals surface area (Å²) >= 11 is 0. The van der Waals surface area contributed by atoms with Crippen LogP contribution in [0.1, 0.15) is 52.0 Å². The number of fused-ring (bicyclic) bond motifs is 1. The van der Waals surface area contributed by atoms with Gasteiger partial charge in [0, 0.05) is 13.3 Å². The maximum atomic E-state index is 12.6. The third-order valence-electron chi connectivity index (χ3n) is 7.15. The Morgan fingerprint density at radius 2 is 2.21 bits per heavy atom. The summed E-state index contributed by atoms with van der Waals surface area (Å²) in [5.41, 5.74) is 10.9. The van der Waals surface area contributed by atoms with Crippen molar-refractivity contribution in [3.8, 4) is 0 Å². The molecule has 29 heavy (non-hydrogen) atoms. The van der Waals surface area contributed by atoms with Gasteiger partial charge in [-0.25, -0.2) is 0 Å². The van der Waals surface area contributed by atoms with Crippen LogP contribution in [-0.2, 0) is 19.7 Å². The van der Waals surface area contributed by atoms with E-state index in [-0.39, 0.29) is 12.6 Å². The maximum Gasteiger partial charge on any atom is 0.318 e. The first-order valence-corrected chi connectivity index (χ1v) is 10.6. The molecule has 5 aliphatic carbocycles.